The molecule has 0 nitrogen and oxygen atoms in total. The molecule has 0 amide bonds. The molecule has 0 fully saturated rings. The number of rotatable bonds is 15. The van der Waals surface area contributed by atoms with Gasteiger partial charge in [-0.25, -0.2) is 0 Å². The number of hydrogen-bond acceptors (Lipinski definition) is 0. The molecule has 0 aromatic carbocycles. The predicted octanol–water partition coefficient (Wildman–Crippen LogP) is 5.86. The molecule has 0 saturated carbocycles. The van der Waals surface area contributed by atoms with Crippen LogP contribution < -0.4 is 0 Å². The summed E-state index contributed by atoms with van der Waals surface area (Å²) in [6.07, 6.45) is 23.5. The molecule has 0 aliphatic carbocycles. The predicted molar refractivity (Wildman–Crippen MR) is 95.1 cm³/mol. The Morgan fingerprint density at radius 3 is 1.21 bits per heavy atom. The Morgan fingerprint density at radius 2 is 0.895 bits per heavy atom. The molecule has 1 heteroatoms. The van der Waals surface area contributed by atoms with Gasteiger partial charge in [-0.1, -0.05) is 96.5 Å². The molecule has 0 aromatic heterocycles. The van der Waals surface area contributed by atoms with E-state index < -0.39 is 0 Å². The van der Waals surface area contributed by atoms with Crippen LogP contribution in [0, 0.1) is 0 Å². The van der Waals surface area contributed by atoms with Gasteiger partial charge in [-0.15, -0.1) is 6.58 Å². The molecule has 116 valence electrons. The summed E-state index contributed by atoms with van der Waals surface area (Å²) in [4.78, 5) is 0. The summed E-state index contributed by atoms with van der Waals surface area (Å²) in [5, 5.41) is 0. The van der Waals surface area contributed by atoms with Crippen LogP contribution in [0.4, 0.5) is 0 Å². The summed E-state index contributed by atoms with van der Waals surface area (Å²) >= 11 is 0. The Bertz CT molecular complexity index is 154. The summed E-state index contributed by atoms with van der Waals surface area (Å²) < 4.78 is 0. The van der Waals surface area contributed by atoms with Crippen molar-refractivity contribution in [2.24, 2.45) is 0 Å². The van der Waals surface area contributed by atoms with Crippen molar-refractivity contribution in [3.05, 3.63) is 12.7 Å². The first-order chi connectivity index (χ1) is 8.91. The SMILES string of the molecule is C=CCCCCCCCCCCCCCCCC.[AsH3]. The summed E-state index contributed by atoms with van der Waals surface area (Å²) in [7, 11) is 0. The Kier molecular flexibility index (Phi) is 23.4. The van der Waals surface area contributed by atoms with Gasteiger partial charge in [0, 0.05) is 0 Å². The average molecular weight is 330 g/mol. The van der Waals surface area contributed by atoms with Gasteiger partial charge in [-0.3, -0.25) is 0 Å². The van der Waals surface area contributed by atoms with Crippen LogP contribution in [0.5, 0.6) is 0 Å². The molecule has 0 N–H and O–H groups in total. The Hall–Kier alpha value is 0.298. The molecule has 0 rings (SSSR count). The van der Waals surface area contributed by atoms with E-state index in [2.05, 4.69) is 13.5 Å². The van der Waals surface area contributed by atoms with E-state index in [1.165, 1.54) is 96.3 Å². The molecule has 1 atom stereocenters. The van der Waals surface area contributed by atoms with Crippen LogP contribution in [0.1, 0.15) is 103 Å². The minimum atomic E-state index is 0. The van der Waals surface area contributed by atoms with E-state index >= 15 is 0 Å². The summed E-state index contributed by atoms with van der Waals surface area (Å²) in [5.41, 5.74) is 0. The van der Waals surface area contributed by atoms with Crippen LogP contribution in [0.2, 0.25) is 0 Å². The topological polar surface area (TPSA) is 0 Å². The summed E-state index contributed by atoms with van der Waals surface area (Å²) in [6, 6.07) is 0. The van der Waals surface area contributed by atoms with E-state index in [9.17, 15) is 0 Å². The average Bonchev–Trinajstić information content (AvgIpc) is 2.39. The van der Waals surface area contributed by atoms with Gasteiger partial charge >= 0.3 is 18.0 Å². The third-order valence-electron chi connectivity index (χ3n) is 3.76. The monoisotopic (exact) mass is 330 g/mol. The standard InChI is InChI=1S/C18H36.AsH3/c1-3-5-7-9-11-13-15-17-18-16-14-12-10-8-6-4-2;/h3H,1,4-18H2,2H3;1H3. The molecule has 0 heterocycles. The van der Waals surface area contributed by atoms with E-state index in [1.54, 1.807) is 0 Å². The van der Waals surface area contributed by atoms with Crippen molar-refractivity contribution in [2.75, 3.05) is 0 Å². The van der Waals surface area contributed by atoms with Gasteiger partial charge in [-0.05, 0) is 12.8 Å². The Labute approximate surface area is 134 Å². The van der Waals surface area contributed by atoms with Crippen LogP contribution in [0.25, 0.3) is 0 Å². The van der Waals surface area contributed by atoms with E-state index in [0.717, 1.165) is 0 Å². The zero-order chi connectivity index (χ0) is 13.3. The van der Waals surface area contributed by atoms with Crippen LogP contribution >= 0.6 is 0 Å². The fourth-order valence-electron chi connectivity index (χ4n) is 2.48. The summed E-state index contributed by atoms with van der Waals surface area (Å²) in [5.74, 6) is 0. The number of allylic oxidation sites excluding steroid dienone is 1. The molecule has 0 spiro atoms. The third kappa shape index (κ3) is 20.8. The second-order valence-corrected chi connectivity index (χ2v) is 5.67. The van der Waals surface area contributed by atoms with Crippen LogP contribution in [-0.2, 0) is 0 Å². The number of hydrogen-bond donors (Lipinski definition) is 0. The van der Waals surface area contributed by atoms with Crippen LogP contribution in [0.3, 0.4) is 0 Å². The van der Waals surface area contributed by atoms with Crippen molar-refractivity contribution in [1.82, 2.24) is 0 Å². The molecule has 0 radical (unpaired) electrons. The van der Waals surface area contributed by atoms with E-state index in [4.69, 9.17) is 0 Å². The zero-order valence-corrected chi connectivity index (χ0v) is 16.6. The van der Waals surface area contributed by atoms with E-state index in [1.807, 2.05) is 6.08 Å². The second-order valence-electron chi connectivity index (χ2n) is 5.67. The second kappa shape index (κ2) is 20.6. The van der Waals surface area contributed by atoms with Crippen molar-refractivity contribution in [1.29, 1.82) is 0 Å². The first kappa shape index (κ1) is 21.6. The minimum absolute atomic E-state index is 0. The van der Waals surface area contributed by atoms with Crippen molar-refractivity contribution in [2.45, 2.75) is 103 Å². The number of unbranched alkanes of at least 4 members (excludes halogenated alkanes) is 14. The van der Waals surface area contributed by atoms with E-state index in [0.29, 0.717) is 0 Å². The maximum absolute atomic E-state index is 3.76. The third-order valence-corrected chi connectivity index (χ3v) is 3.76. The van der Waals surface area contributed by atoms with Crippen LogP contribution in [0.15, 0.2) is 12.7 Å². The van der Waals surface area contributed by atoms with Crippen molar-refractivity contribution in [3.63, 3.8) is 0 Å². The molecule has 0 aliphatic heterocycles. The van der Waals surface area contributed by atoms with Gasteiger partial charge in [-0.2, -0.15) is 0 Å². The molecule has 19 heavy (non-hydrogen) atoms. The quantitative estimate of drug-likeness (QED) is 0.200. The maximum atomic E-state index is 3.76. The zero-order valence-electron chi connectivity index (χ0n) is 13.6. The van der Waals surface area contributed by atoms with Crippen molar-refractivity contribution in [3.8, 4) is 0 Å². The Morgan fingerprint density at radius 1 is 0.579 bits per heavy atom. The van der Waals surface area contributed by atoms with Gasteiger partial charge in [0.05, 0.1) is 0 Å². The van der Waals surface area contributed by atoms with Crippen molar-refractivity contribution < 1.29 is 0 Å². The molecule has 0 bridgehead atoms. The van der Waals surface area contributed by atoms with Gasteiger partial charge in [0.2, 0.25) is 0 Å². The molecular formula is C18H39As. The normalized spacial score (nSPS) is 10.2. The van der Waals surface area contributed by atoms with Gasteiger partial charge in [0.15, 0.2) is 0 Å². The molecule has 0 saturated heterocycles. The fraction of sp³-hybridized carbons (Fsp3) is 0.889. The molecule has 0 aromatic rings. The Balaban J connectivity index is 0. The molecular weight excluding hydrogens is 291 g/mol. The summed E-state index contributed by atoms with van der Waals surface area (Å²) in [6.45, 7) is 6.05. The van der Waals surface area contributed by atoms with Crippen LogP contribution in [-0.4, -0.2) is 18.0 Å². The van der Waals surface area contributed by atoms with Gasteiger partial charge in [0.1, 0.15) is 0 Å². The first-order valence-corrected chi connectivity index (χ1v) is 8.52. The molecule has 0 aliphatic rings. The fourth-order valence-corrected chi connectivity index (χ4v) is 2.48. The van der Waals surface area contributed by atoms with Gasteiger partial charge < -0.3 is 0 Å². The van der Waals surface area contributed by atoms with Gasteiger partial charge in [0.25, 0.3) is 0 Å². The van der Waals surface area contributed by atoms with Crippen molar-refractivity contribution >= 4 is 18.0 Å². The van der Waals surface area contributed by atoms with E-state index in [-0.39, 0.29) is 18.0 Å². The first-order valence-electron chi connectivity index (χ1n) is 8.52. The molecule has 1 unspecified atom stereocenters.